The Morgan fingerprint density at radius 1 is 1.03 bits per heavy atom. The Hall–Kier alpha value is -3.75. The Balaban J connectivity index is 1.41. The molecule has 0 aliphatic carbocycles. The minimum Gasteiger partial charge on any atom is -0.399 e. The zero-order valence-electron chi connectivity index (χ0n) is 19.1. The number of aliphatic hydroxyl groups excluding tert-OH is 1. The summed E-state index contributed by atoms with van der Waals surface area (Å²) in [4.78, 5) is 11.7. The number of nitrogens with zero attached hydrogens (tertiary/aromatic N) is 5. The summed E-state index contributed by atoms with van der Waals surface area (Å²) in [6.07, 6.45) is 6.22. The Morgan fingerprint density at radius 3 is 2.65 bits per heavy atom. The van der Waals surface area contributed by atoms with Crippen molar-refractivity contribution in [2.24, 2.45) is 0 Å². The molecule has 8 heteroatoms. The molecule has 0 spiro atoms. The van der Waals surface area contributed by atoms with E-state index < -0.39 is 0 Å². The van der Waals surface area contributed by atoms with Crippen LogP contribution in [-0.4, -0.2) is 49.5 Å². The number of likely N-dealkylation sites (tertiary alicyclic amines) is 1. The minimum atomic E-state index is 0.00659. The fourth-order valence-electron chi connectivity index (χ4n) is 4.32. The second-order valence-electron chi connectivity index (χ2n) is 8.57. The molecule has 34 heavy (non-hydrogen) atoms. The van der Waals surface area contributed by atoms with Gasteiger partial charge in [0, 0.05) is 41.4 Å². The number of aromatic nitrogens is 4. The van der Waals surface area contributed by atoms with Crippen molar-refractivity contribution in [3.8, 4) is 22.5 Å². The predicted molar refractivity (Wildman–Crippen MR) is 134 cm³/mol. The van der Waals surface area contributed by atoms with Gasteiger partial charge in [-0.3, -0.25) is 9.58 Å². The molecule has 0 saturated carbocycles. The van der Waals surface area contributed by atoms with Gasteiger partial charge in [0.1, 0.15) is 5.69 Å². The number of nitrogen functional groups attached to an aromatic ring is 1. The van der Waals surface area contributed by atoms with E-state index in [9.17, 15) is 5.11 Å². The van der Waals surface area contributed by atoms with E-state index in [2.05, 4.69) is 38.5 Å². The molecular formula is C26H29N7O. The molecule has 8 nitrogen and oxygen atoms in total. The van der Waals surface area contributed by atoms with E-state index in [1.165, 1.54) is 31.5 Å². The second kappa shape index (κ2) is 10.0. The Labute approximate surface area is 199 Å². The van der Waals surface area contributed by atoms with Crippen LogP contribution in [0.2, 0.25) is 0 Å². The summed E-state index contributed by atoms with van der Waals surface area (Å²) < 4.78 is 1.73. The monoisotopic (exact) mass is 455 g/mol. The topological polar surface area (TPSA) is 105 Å². The third-order valence-corrected chi connectivity index (χ3v) is 5.99. The molecule has 3 heterocycles. The summed E-state index contributed by atoms with van der Waals surface area (Å²) >= 11 is 0. The normalized spacial score (nSPS) is 13.9. The van der Waals surface area contributed by atoms with E-state index in [1.54, 1.807) is 10.9 Å². The van der Waals surface area contributed by atoms with Crippen molar-refractivity contribution in [1.82, 2.24) is 24.6 Å². The molecular weight excluding hydrogens is 426 g/mol. The molecule has 0 unspecified atom stereocenters. The first kappa shape index (κ1) is 22.1. The van der Waals surface area contributed by atoms with E-state index in [-0.39, 0.29) is 6.61 Å². The van der Waals surface area contributed by atoms with Gasteiger partial charge in [0.15, 0.2) is 0 Å². The number of nitrogens with two attached hydrogens (primary N) is 1. The van der Waals surface area contributed by atoms with Gasteiger partial charge in [-0.05, 0) is 61.8 Å². The van der Waals surface area contributed by atoms with Gasteiger partial charge in [0.05, 0.1) is 18.8 Å². The van der Waals surface area contributed by atoms with Gasteiger partial charge in [-0.25, -0.2) is 9.97 Å². The molecule has 0 radical (unpaired) electrons. The van der Waals surface area contributed by atoms with Crippen LogP contribution in [0.1, 0.15) is 18.4 Å². The van der Waals surface area contributed by atoms with E-state index in [0.29, 0.717) is 18.2 Å². The van der Waals surface area contributed by atoms with E-state index in [4.69, 9.17) is 10.7 Å². The standard InChI is InChI=1S/C26H29N7O/c27-21-8-6-20(7-9-21)25-23(18-33(31-25)14-15-34)24-10-11-28-26(30-24)29-22-5-3-4-19(16-22)17-32-12-1-2-13-32/h3-11,16,18,34H,1-2,12-15,17,27H2,(H,28,29,30). The number of hydrogen-bond acceptors (Lipinski definition) is 7. The molecule has 5 rings (SSSR count). The van der Waals surface area contributed by atoms with Crippen LogP contribution >= 0.6 is 0 Å². The van der Waals surface area contributed by atoms with Crippen molar-refractivity contribution < 1.29 is 5.11 Å². The first-order chi connectivity index (χ1) is 16.7. The van der Waals surface area contributed by atoms with Crippen LogP contribution < -0.4 is 11.1 Å². The first-order valence-corrected chi connectivity index (χ1v) is 11.6. The van der Waals surface area contributed by atoms with Crippen LogP contribution in [0, 0.1) is 0 Å². The highest BCUT2D eigenvalue weighted by Crippen LogP contribution is 2.31. The molecule has 0 atom stereocenters. The summed E-state index contributed by atoms with van der Waals surface area (Å²) in [5.74, 6) is 0.522. The molecule has 2 aromatic heterocycles. The SMILES string of the molecule is Nc1ccc(-c2nn(CCO)cc2-c2ccnc(Nc3cccc(CN4CCCC4)c3)n2)cc1. The fourth-order valence-corrected chi connectivity index (χ4v) is 4.32. The molecule has 4 aromatic rings. The number of anilines is 3. The van der Waals surface area contributed by atoms with Gasteiger partial charge in [-0.1, -0.05) is 24.3 Å². The molecule has 0 amide bonds. The maximum atomic E-state index is 9.40. The average Bonchev–Trinajstić information content (AvgIpc) is 3.51. The maximum Gasteiger partial charge on any atom is 0.227 e. The van der Waals surface area contributed by atoms with E-state index in [0.717, 1.165) is 34.7 Å². The highest BCUT2D eigenvalue weighted by atomic mass is 16.3. The highest BCUT2D eigenvalue weighted by molar-refractivity contribution is 5.79. The van der Waals surface area contributed by atoms with Gasteiger partial charge >= 0.3 is 0 Å². The zero-order chi connectivity index (χ0) is 23.3. The average molecular weight is 456 g/mol. The van der Waals surface area contributed by atoms with Crippen LogP contribution in [0.15, 0.2) is 67.0 Å². The number of aliphatic hydroxyl groups is 1. The molecule has 2 aromatic carbocycles. The molecule has 174 valence electrons. The Kier molecular flexibility index (Phi) is 6.51. The number of rotatable bonds is 8. The van der Waals surface area contributed by atoms with E-state index >= 15 is 0 Å². The molecule has 4 N–H and O–H groups in total. The Morgan fingerprint density at radius 2 is 1.85 bits per heavy atom. The van der Waals surface area contributed by atoms with Crippen LogP contribution in [-0.2, 0) is 13.1 Å². The molecule has 1 saturated heterocycles. The summed E-state index contributed by atoms with van der Waals surface area (Å²) in [6.45, 7) is 3.71. The Bertz CT molecular complexity index is 1250. The third kappa shape index (κ3) is 5.08. The van der Waals surface area contributed by atoms with Crippen molar-refractivity contribution in [3.05, 3.63) is 72.6 Å². The molecule has 0 bridgehead atoms. The van der Waals surface area contributed by atoms with Crippen LogP contribution in [0.3, 0.4) is 0 Å². The lowest BCUT2D eigenvalue weighted by molar-refractivity contribution is 0.269. The lowest BCUT2D eigenvalue weighted by Crippen LogP contribution is -2.18. The maximum absolute atomic E-state index is 9.40. The second-order valence-corrected chi connectivity index (χ2v) is 8.57. The highest BCUT2D eigenvalue weighted by Gasteiger charge is 2.16. The smallest absolute Gasteiger partial charge is 0.227 e. The quantitative estimate of drug-likeness (QED) is 0.346. The van der Waals surface area contributed by atoms with Crippen molar-refractivity contribution >= 4 is 17.3 Å². The zero-order valence-corrected chi connectivity index (χ0v) is 19.1. The van der Waals surface area contributed by atoms with Crippen LogP contribution in [0.5, 0.6) is 0 Å². The largest absolute Gasteiger partial charge is 0.399 e. The van der Waals surface area contributed by atoms with Gasteiger partial charge in [0.2, 0.25) is 5.95 Å². The lowest BCUT2D eigenvalue weighted by Gasteiger charge is -2.15. The minimum absolute atomic E-state index is 0.00659. The van der Waals surface area contributed by atoms with Crippen molar-refractivity contribution in [2.75, 3.05) is 30.7 Å². The third-order valence-electron chi connectivity index (χ3n) is 5.99. The predicted octanol–water partition coefficient (Wildman–Crippen LogP) is 3.92. The lowest BCUT2D eigenvalue weighted by atomic mass is 10.1. The van der Waals surface area contributed by atoms with Crippen molar-refractivity contribution in [3.63, 3.8) is 0 Å². The van der Waals surface area contributed by atoms with Gasteiger partial charge in [-0.2, -0.15) is 5.10 Å². The fraction of sp³-hybridized carbons (Fsp3) is 0.269. The van der Waals surface area contributed by atoms with Crippen molar-refractivity contribution in [1.29, 1.82) is 0 Å². The first-order valence-electron chi connectivity index (χ1n) is 11.6. The summed E-state index contributed by atoms with van der Waals surface area (Å²) in [6, 6.07) is 17.9. The van der Waals surface area contributed by atoms with E-state index in [1.807, 2.05) is 42.6 Å². The number of benzene rings is 2. The van der Waals surface area contributed by atoms with Gasteiger partial charge in [-0.15, -0.1) is 0 Å². The summed E-state index contributed by atoms with van der Waals surface area (Å²) in [5, 5.41) is 17.4. The molecule has 1 aliphatic heterocycles. The van der Waals surface area contributed by atoms with Crippen LogP contribution in [0.4, 0.5) is 17.3 Å². The molecule has 1 aliphatic rings. The van der Waals surface area contributed by atoms with Gasteiger partial charge in [0.25, 0.3) is 0 Å². The summed E-state index contributed by atoms with van der Waals surface area (Å²) in [7, 11) is 0. The molecule has 1 fully saturated rings. The van der Waals surface area contributed by atoms with Crippen LogP contribution in [0.25, 0.3) is 22.5 Å². The summed E-state index contributed by atoms with van der Waals surface area (Å²) in [5.41, 5.74) is 12.1. The van der Waals surface area contributed by atoms with Crippen molar-refractivity contribution in [2.45, 2.75) is 25.9 Å². The van der Waals surface area contributed by atoms with Gasteiger partial charge < -0.3 is 16.2 Å². The number of nitrogens with one attached hydrogen (secondary N) is 1. The number of hydrogen-bond donors (Lipinski definition) is 3.